The zero-order valence-electron chi connectivity index (χ0n) is 9.84. The Balaban J connectivity index is 2.28. The minimum Gasteiger partial charge on any atom is -0.322 e. The number of hydrogen-bond acceptors (Lipinski definition) is 4. The van der Waals surface area contributed by atoms with Crippen LogP contribution in [0.5, 0.6) is 0 Å². The van der Waals surface area contributed by atoms with Crippen LogP contribution in [0, 0.1) is 15.9 Å². The van der Waals surface area contributed by atoms with Crippen LogP contribution < -0.4 is 5.32 Å². The van der Waals surface area contributed by atoms with E-state index in [1.807, 2.05) is 0 Å². The highest BCUT2D eigenvalue weighted by Gasteiger charge is 2.14. The van der Waals surface area contributed by atoms with Crippen LogP contribution in [-0.4, -0.2) is 15.8 Å². The van der Waals surface area contributed by atoms with E-state index < -0.39 is 22.3 Å². The molecule has 0 aliphatic rings. The number of nitrogens with one attached hydrogen (secondary N) is 1. The molecule has 0 fully saturated rings. The number of halogens is 2. The van der Waals surface area contributed by atoms with E-state index in [-0.39, 0.29) is 11.3 Å². The van der Waals surface area contributed by atoms with Crippen molar-refractivity contribution in [1.29, 1.82) is 0 Å². The second-order valence-corrected chi connectivity index (χ2v) is 4.50. The number of carbonyl (C=O) groups is 1. The van der Waals surface area contributed by atoms with Gasteiger partial charge in [-0.3, -0.25) is 14.9 Å². The first-order valence-electron chi connectivity index (χ1n) is 5.34. The fraction of sp³-hybridized carbons (Fsp3) is 0. The predicted molar refractivity (Wildman–Crippen MR) is 72.9 cm³/mol. The van der Waals surface area contributed by atoms with Crippen LogP contribution in [0.2, 0.25) is 0 Å². The number of pyridine rings is 1. The molecule has 0 spiro atoms. The molecule has 2 rings (SSSR count). The van der Waals surface area contributed by atoms with Crippen LogP contribution in [-0.2, 0) is 0 Å². The maximum Gasteiger partial charge on any atom is 0.274 e. The summed E-state index contributed by atoms with van der Waals surface area (Å²) in [6, 6.07) is 5.92. The largest absolute Gasteiger partial charge is 0.322 e. The van der Waals surface area contributed by atoms with Crippen LogP contribution in [0.4, 0.5) is 15.8 Å². The summed E-state index contributed by atoms with van der Waals surface area (Å²) in [7, 11) is 0. The molecule has 6 nitrogen and oxygen atoms in total. The van der Waals surface area contributed by atoms with Crippen LogP contribution in [0.1, 0.15) is 10.4 Å². The molecule has 0 aliphatic carbocycles. The van der Waals surface area contributed by atoms with Gasteiger partial charge in [0.25, 0.3) is 11.6 Å². The molecule has 1 aromatic heterocycles. The third-order valence-electron chi connectivity index (χ3n) is 2.35. The second kappa shape index (κ2) is 5.74. The fourth-order valence-electron chi connectivity index (χ4n) is 1.51. The van der Waals surface area contributed by atoms with E-state index in [1.165, 1.54) is 12.3 Å². The molecule has 1 N–H and O–H groups in total. The van der Waals surface area contributed by atoms with Gasteiger partial charge < -0.3 is 5.32 Å². The lowest BCUT2D eigenvalue weighted by Crippen LogP contribution is -2.13. The zero-order valence-corrected chi connectivity index (χ0v) is 11.4. The topological polar surface area (TPSA) is 85.1 Å². The highest BCUT2D eigenvalue weighted by atomic mass is 79.9. The van der Waals surface area contributed by atoms with E-state index in [1.54, 1.807) is 6.07 Å². The van der Waals surface area contributed by atoms with E-state index in [0.29, 0.717) is 4.60 Å². The van der Waals surface area contributed by atoms with Gasteiger partial charge in [0.1, 0.15) is 10.4 Å². The standard InChI is InChI=1S/C12H7BrFN3O3/c13-11-10(2-1-3-15-11)12(18)16-8-4-7(14)5-9(6-8)17(19)20/h1-6H,(H,16,18). The van der Waals surface area contributed by atoms with Crippen molar-refractivity contribution < 1.29 is 14.1 Å². The molecule has 0 saturated carbocycles. The Morgan fingerprint density at radius 3 is 2.80 bits per heavy atom. The average Bonchev–Trinajstić information content (AvgIpc) is 2.38. The molecule has 2 aromatic rings. The maximum absolute atomic E-state index is 13.2. The molecule has 0 atom stereocenters. The van der Waals surface area contributed by atoms with Gasteiger partial charge in [-0.25, -0.2) is 9.37 Å². The van der Waals surface area contributed by atoms with Gasteiger partial charge in [0, 0.05) is 12.3 Å². The fourth-order valence-corrected chi connectivity index (χ4v) is 1.94. The summed E-state index contributed by atoms with van der Waals surface area (Å²) >= 11 is 3.11. The number of non-ortho nitro benzene ring substituents is 1. The Bertz CT molecular complexity index is 693. The molecule has 1 amide bonds. The number of benzene rings is 1. The highest BCUT2D eigenvalue weighted by Crippen LogP contribution is 2.21. The smallest absolute Gasteiger partial charge is 0.274 e. The van der Waals surface area contributed by atoms with Gasteiger partial charge in [-0.1, -0.05) is 0 Å². The van der Waals surface area contributed by atoms with E-state index in [0.717, 1.165) is 18.2 Å². The second-order valence-electron chi connectivity index (χ2n) is 3.75. The molecule has 20 heavy (non-hydrogen) atoms. The van der Waals surface area contributed by atoms with Crippen molar-refractivity contribution in [3.63, 3.8) is 0 Å². The van der Waals surface area contributed by atoms with Gasteiger partial charge >= 0.3 is 0 Å². The Morgan fingerprint density at radius 1 is 1.40 bits per heavy atom. The van der Waals surface area contributed by atoms with Gasteiger partial charge in [0.15, 0.2) is 0 Å². The summed E-state index contributed by atoms with van der Waals surface area (Å²) in [5.74, 6) is -1.36. The number of anilines is 1. The lowest BCUT2D eigenvalue weighted by atomic mass is 10.2. The Morgan fingerprint density at radius 2 is 2.15 bits per heavy atom. The SMILES string of the molecule is O=C(Nc1cc(F)cc([N+](=O)[O-])c1)c1cccnc1Br. The molecule has 0 saturated heterocycles. The van der Waals surface area contributed by atoms with Crippen molar-refractivity contribution in [2.45, 2.75) is 0 Å². The lowest BCUT2D eigenvalue weighted by Gasteiger charge is -2.06. The summed E-state index contributed by atoms with van der Waals surface area (Å²) < 4.78 is 13.6. The van der Waals surface area contributed by atoms with Gasteiger partial charge in [-0.05, 0) is 34.1 Å². The van der Waals surface area contributed by atoms with Gasteiger partial charge in [0.05, 0.1) is 22.2 Å². The molecule has 0 unspecified atom stereocenters. The number of rotatable bonds is 3. The van der Waals surface area contributed by atoms with Crippen molar-refractivity contribution in [3.8, 4) is 0 Å². The molecule has 0 bridgehead atoms. The maximum atomic E-state index is 13.2. The van der Waals surface area contributed by atoms with E-state index in [4.69, 9.17) is 0 Å². The monoisotopic (exact) mass is 339 g/mol. The summed E-state index contributed by atoms with van der Waals surface area (Å²) in [6.45, 7) is 0. The van der Waals surface area contributed by atoms with Crippen molar-refractivity contribution in [3.05, 3.63) is 62.6 Å². The lowest BCUT2D eigenvalue weighted by molar-refractivity contribution is -0.385. The minimum atomic E-state index is -0.806. The van der Waals surface area contributed by atoms with E-state index in [9.17, 15) is 19.3 Å². The number of hydrogen-bond donors (Lipinski definition) is 1. The van der Waals surface area contributed by atoms with Gasteiger partial charge in [-0.2, -0.15) is 0 Å². The van der Waals surface area contributed by atoms with Crippen LogP contribution in [0.3, 0.4) is 0 Å². The molecule has 0 aliphatic heterocycles. The first-order valence-corrected chi connectivity index (χ1v) is 6.13. The number of carbonyl (C=O) groups excluding carboxylic acids is 1. The van der Waals surface area contributed by atoms with Crippen molar-refractivity contribution in [1.82, 2.24) is 4.98 Å². The van der Waals surface area contributed by atoms with E-state index in [2.05, 4.69) is 26.2 Å². The number of amides is 1. The van der Waals surface area contributed by atoms with Crippen LogP contribution in [0.15, 0.2) is 41.1 Å². The number of nitro groups is 1. The van der Waals surface area contributed by atoms with E-state index >= 15 is 0 Å². The molecule has 8 heteroatoms. The van der Waals surface area contributed by atoms with Gasteiger partial charge in [0.2, 0.25) is 0 Å². The van der Waals surface area contributed by atoms with Crippen molar-refractivity contribution >= 4 is 33.2 Å². The summed E-state index contributed by atoms with van der Waals surface area (Å²) in [5, 5.41) is 13.0. The number of aromatic nitrogens is 1. The Labute approximate surface area is 120 Å². The van der Waals surface area contributed by atoms with Crippen molar-refractivity contribution in [2.24, 2.45) is 0 Å². The summed E-state index contributed by atoms with van der Waals surface area (Å²) in [6.07, 6.45) is 1.49. The summed E-state index contributed by atoms with van der Waals surface area (Å²) in [5.41, 5.74) is -0.206. The zero-order chi connectivity index (χ0) is 14.7. The normalized spacial score (nSPS) is 10.1. The van der Waals surface area contributed by atoms with Crippen molar-refractivity contribution in [2.75, 3.05) is 5.32 Å². The van der Waals surface area contributed by atoms with Gasteiger partial charge in [-0.15, -0.1) is 0 Å². The number of nitro benzene ring substituents is 1. The quantitative estimate of drug-likeness (QED) is 0.528. The van der Waals surface area contributed by atoms with Crippen LogP contribution in [0.25, 0.3) is 0 Å². The molecule has 102 valence electrons. The Kier molecular flexibility index (Phi) is 4.04. The van der Waals surface area contributed by atoms with Crippen LogP contribution >= 0.6 is 15.9 Å². The average molecular weight is 340 g/mol. The predicted octanol–water partition coefficient (Wildman–Crippen LogP) is 3.14. The minimum absolute atomic E-state index is 0.00236. The number of nitrogens with zero attached hydrogens (tertiary/aromatic N) is 2. The first-order chi connectivity index (χ1) is 9.47. The molecule has 1 heterocycles. The first kappa shape index (κ1) is 14.1. The highest BCUT2D eigenvalue weighted by molar-refractivity contribution is 9.10. The molecule has 1 aromatic carbocycles. The Hall–Kier alpha value is -2.35. The third kappa shape index (κ3) is 3.15. The third-order valence-corrected chi connectivity index (χ3v) is 2.99. The molecular formula is C12H7BrFN3O3. The molecular weight excluding hydrogens is 333 g/mol. The molecule has 0 radical (unpaired) electrons. The summed E-state index contributed by atoms with van der Waals surface area (Å²) in [4.78, 5) is 25.7.